The summed E-state index contributed by atoms with van der Waals surface area (Å²) in [5.41, 5.74) is 1.82. The summed E-state index contributed by atoms with van der Waals surface area (Å²) in [7, 11) is 1.49. The second-order valence-corrected chi connectivity index (χ2v) is 5.04. The smallest absolute Gasteiger partial charge is 0.245 e. The number of nitrogens with zero attached hydrogens (tertiary/aromatic N) is 2. The van der Waals surface area contributed by atoms with Crippen molar-refractivity contribution in [3.8, 4) is 11.5 Å². The molecule has 1 amide bonds. The number of carbonyl (C=O) groups excluding carboxylic acids is 1. The molecule has 1 N–H and O–H groups in total. The fourth-order valence-corrected chi connectivity index (χ4v) is 2.39. The molecule has 1 fully saturated rings. The van der Waals surface area contributed by atoms with Crippen molar-refractivity contribution in [3.63, 3.8) is 0 Å². The van der Waals surface area contributed by atoms with Crippen LogP contribution in [-0.4, -0.2) is 29.3 Å². The lowest BCUT2D eigenvalue weighted by molar-refractivity contribution is -0.146. The molecular formula is C17H16N2O3. The highest BCUT2D eigenvalue weighted by Crippen LogP contribution is 2.34. The Bertz CT molecular complexity index is 713. The number of ether oxygens (including phenoxy) is 1. The summed E-state index contributed by atoms with van der Waals surface area (Å²) in [5.74, 6) is 0.441. The average Bonchev–Trinajstić information content (AvgIpc) is 2.55. The number of methoxy groups -OCH3 is 1. The molecule has 1 unspecified atom stereocenters. The number of aromatic hydroxyl groups is 1. The summed E-state index contributed by atoms with van der Waals surface area (Å²) in [4.78, 5) is 11.8. The first-order valence-electron chi connectivity index (χ1n) is 6.97. The summed E-state index contributed by atoms with van der Waals surface area (Å²) < 4.78 is 5.05. The fraction of sp³-hybridized carbons (Fsp3) is 0.176. The van der Waals surface area contributed by atoms with Gasteiger partial charge in [-0.3, -0.25) is 4.79 Å². The molecule has 22 heavy (non-hydrogen) atoms. The molecule has 1 heterocycles. The molecule has 1 aliphatic heterocycles. The van der Waals surface area contributed by atoms with Gasteiger partial charge in [0.2, 0.25) is 5.91 Å². The number of rotatable bonds is 4. The maximum absolute atomic E-state index is 11.8. The van der Waals surface area contributed by atoms with Gasteiger partial charge in [-0.05, 0) is 29.3 Å². The molecule has 2 aromatic rings. The van der Waals surface area contributed by atoms with Crippen LogP contribution in [0.25, 0.3) is 0 Å². The minimum absolute atomic E-state index is 0.00385. The lowest BCUT2D eigenvalue weighted by atomic mass is 9.96. The quantitative estimate of drug-likeness (QED) is 0.697. The molecule has 0 spiro atoms. The van der Waals surface area contributed by atoms with Crippen LogP contribution in [0.2, 0.25) is 0 Å². The van der Waals surface area contributed by atoms with Crippen LogP contribution in [0.1, 0.15) is 23.6 Å². The molecule has 5 nitrogen and oxygen atoms in total. The van der Waals surface area contributed by atoms with Crippen LogP contribution in [-0.2, 0) is 4.79 Å². The molecule has 0 aromatic heterocycles. The van der Waals surface area contributed by atoms with E-state index in [2.05, 4.69) is 5.10 Å². The number of benzene rings is 2. The van der Waals surface area contributed by atoms with Crippen molar-refractivity contribution in [2.45, 2.75) is 12.5 Å². The molecule has 0 aliphatic carbocycles. The average molecular weight is 296 g/mol. The van der Waals surface area contributed by atoms with E-state index in [1.165, 1.54) is 18.2 Å². The molecule has 0 radical (unpaired) electrons. The van der Waals surface area contributed by atoms with Crippen LogP contribution >= 0.6 is 0 Å². The highest BCUT2D eigenvalue weighted by Gasteiger charge is 2.37. The van der Waals surface area contributed by atoms with Gasteiger partial charge in [0.25, 0.3) is 0 Å². The van der Waals surface area contributed by atoms with E-state index in [4.69, 9.17) is 4.74 Å². The van der Waals surface area contributed by atoms with Crippen LogP contribution < -0.4 is 4.74 Å². The zero-order valence-electron chi connectivity index (χ0n) is 12.1. The Kier molecular flexibility index (Phi) is 3.78. The molecule has 1 aliphatic rings. The Labute approximate surface area is 128 Å². The summed E-state index contributed by atoms with van der Waals surface area (Å²) >= 11 is 0. The van der Waals surface area contributed by atoms with E-state index in [-0.39, 0.29) is 17.7 Å². The summed E-state index contributed by atoms with van der Waals surface area (Å²) in [6.07, 6.45) is 2.06. The minimum Gasteiger partial charge on any atom is -0.504 e. The third kappa shape index (κ3) is 2.65. The van der Waals surface area contributed by atoms with Gasteiger partial charge in [-0.15, -0.1) is 0 Å². The molecule has 1 atom stereocenters. The Morgan fingerprint density at radius 3 is 2.73 bits per heavy atom. The predicted octanol–water partition coefficient (Wildman–Crippen LogP) is 2.71. The van der Waals surface area contributed by atoms with E-state index in [0.29, 0.717) is 12.2 Å². The lowest BCUT2D eigenvalue weighted by Crippen LogP contribution is -2.42. The first kappa shape index (κ1) is 14.1. The summed E-state index contributed by atoms with van der Waals surface area (Å²) in [6.45, 7) is 0. The van der Waals surface area contributed by atoms with E-state index in [1.54, 1.807) is 18.3 Å². The number of phenols is 1. The number of phenolic OH excluding ortho intramolecular Hbond substituents is 1. The third-order valence-electron chi connectivity index (χ3n) is 3.64. The topological polar surface area (TPSA) is 62.1 Å². The zero-order chi connectivity index (χ0) is 15.5. The van der Waals surface area contributed by atoms with Crippen LogP contribution in [0.3, 0.4) is 0 Å². The van der Waals surface area contributed by atoms with E-state index in [1.807, 2.05) is 30.3 Å². The fourth-order valence-electron chi connectivity index (χ4n) is 2.39. The SMILES string of the molecule is COc1cc(/C=N/N2C(=O)CC2c2ccccc2)ccc1O. The number of hydrazone groups is 1. The van der Waals surface area contributed by atoms with Crippen molar-refractivity contribution in [3.05, 3.63) is 59.7 Å². The van der Waals surface area contributed by atoms with Gasteiger partial charge in [0.1, 0.15) is 0 Å². The first-order chi connectivity index (χ1) is 10.7. The van der Waals surface area contributed by atoms with Gasteiger partial charge >= 0.3 is 0 Å². The third-order valence-corrected chi connectivity index (χ3v) is 3.64. The largest absolute Gasteiger partial charge is 0.504 e. The molecule has 2 aromatic carbocycles. The molecule has 0 bridgehead atoms. The molecular weight excluding hydrogens is 280 g/mol. The monoisotopic (exact) mass is 296 g/mol. The molecule has 5 heteroatoms. The first-order valence-corrected chi connectivity index (χ1v) is 6.97. The van der Waals surface area contributed by atoms with Gasteiger partial charge in [0.05, 0.1) is 25.8 Å². The number of hydrogen-bond acceptors (Lipinski definition) is 4. The molecule has 1 saturated heterocycles. The maximum Gasteiger partial charge on any atom is 0.245 e. The van der Waals surface area contributed by atoms with Gasteiger partial charge in [-0.2, -0.15) is 5.10 Å². The van der Waals surface area contributed by atoms with Gasteiger partial charge in [0, 0.05) is 0 Å². The van der Waals surface area contributed by atoms with E-state index < -0.39 is 0 Å². The number of β-lactam (4-membered cyclic amide) rings is 1. The van der Waals surface area contributed by atoms with Crippen molar-refractivity contribution >= 4 is 12.1 Å². The Balaban J connectivity index is 1.78. The predicted molar refractivity (Wildman–Crippen MR) is 82.9 cm³/mol. The second kappa shape index (κ2) is 5.89. The van der Waals surface area contributed by atoms with E-state index in [0.717, 1.165) is 11.1 Å². The molecule has 0 saturated carbocycles. The normalized spacial score (nSPS) is 17.6. The van der Waals surface area contributed by atoms with Crippen molar-refractivity contribution < 1.29 is 14.6 Å². The van der Waals surface area contributed by atoms with Crippen molar-refractivity contribution in [1.29, 1.82) is 0 Å². The Morgan fingerprint density at radius 1 is 1.27 bits per heavy atom. The lowest BCUT2D eigenvalue weighted by Gasteiger charge is -2.36. The standard InChI is InChI=1S/C17H16N2O3/c1-22-16-9-12(7-8-15(16)20)11-18-19-14(10-17(19)21)13-5-3-2-4-6-13/h2-9,11,14,20H,10H2,1H3/b18-11+. The van der Waals surface area contributed by atoms with E-state index in [9.17, 15) is 9.90 Å². The van der Waals surface area contributed by atoms with Crippen molar-refractivity contribution in [2.24, 2.45) is 5.10 Å². The van der Waals surface area contributed by atoms with Crippen LogP contribution in [0, 0.1) is 0 Å². The Morgan fingerprint density at radius 2 is 2.05 bits per heavy atom. The van der Waals surface area contributed by atoms with Crippen LogP contribution in [0.5, 0.6) is 11.5 Å². The van der Waals surface area contributed by atoms with Crippen molar-refractivity contribution in [2.75, 3.05) is 7.11 Å². The Hall–Kier alpha value is -2.82. The van der Waals surface area contributed by atoms with E-state index >= 15 is 0 Å². The zero-order valence-corrected chi connectivity index (χ0v) is 12.1. The van der Waals surface area contributed by atoms with Crippen molar-refractivity contribution in [1.82, 2.24) is 5.01 Å². The number of hydrogen-bond donors (Lipinski definition) is 1. The van der Waals surface area contributed by atoms with Crippen LogP contribution in [0.15, 0.2) is 53.6 Å². The van der Waals surface area contributed by atoms with Gasteiger partial charge in [-0.25, -0.2) is 5.01 Å². The number of amides is 1. The highest BCUT2D eigenvalue weighted by atomic mass is 16.5. The van der Waals surface area contributed by atoms with Crippen LogP contribution in [0.4, 0.5) is 0 Å². The summed E-state index contributed by atoms with van der Waals surface area (Å²) in [6, 6.07) is 14.7. The van der Waals surface area contributed by atoms with Gasteiger partial charge in [0.15, 0.2) is 11.5 Å². The van der Waals surface area contributed by atoms with Gasteiger partial charge in [-0.1, -0.05) is 30.3 Å². The minimum atomic E-state index is -0.0102. The highest BCUT2D eigenvalue weighted by molar-refractivity contribution is 5.87. The maximum atomic E-state index is 11.8. The molecule has 112 valence electrons. The number of carbonyl (C=O) groups is 1. The summed E-state index contributed by atoms with van der Waals surface area (Å²) in [5, 5.41) is 15.3. The second-order valence-electron chi connectivity index (χ2n) is 5.04. The molecule has 3 rings (SSSR count). The van der Waals surface area contributed by atoms with Gasteiger partial charge < -0.3 is 9.84 Å².